The van der Waals surface area contributed by atoms with E-state index < -0.39 is 28.5 Å². The van der Waals surface area contributed by atoms with Crippen molar-refractivity contribution in [2.24, 2.45) is 0 Å². The number of aryl methyl sites for hydroxylation is 1. The third kappa shape index (κ3) is 7.96. The summed E-state index contributed by atoms with van der Waals surface area (Å²) in [7, 11) is -2.23. The van der Waals surface area contributed by atoms with Gasteiger partial charge in [-0.3, -0.25) is 13.9 Å². The highest BCUT2D eigenvalue weighted by atomic mass is 79.9. The molecule has 2 aromatic carbocycles. The average Bonchev–Trinajstić information content (AvgIpc) is 2.81. The predicted molar refractivity (Wildman–Crippen MR) is 142 cm³/mol. The smallest absolute Gasteiger partial charge is 0.244 e. The first-order valence-corrected chi connectivity index (χ1v) is 14.0. The largest absolute Gasteiger partial charge is 0.497 e. The van der Waals surface area contributed by atoms with Crippen LogP contribution in [0.2, 0.25) is 0 Å². The van der Waals surface area contributed by atoms with E-state index in [1.165, 1.54) is 4.90 Å². The van der Waals surface area contributed by atoms with Crippen molar-refractivity contribution in [1.82, 2.24) is 10.2 Å². The fraction of sp³-hybridized carbons (Fsp3) is 0.440. The van der Waals surface area contributed by atoms with Gasteiger partial charge < -0.3 is 15.0 Å². The average molecular weight is 569 g/mol. The number of ether oxygens (including phenoxy) is 1. The van der Waals surface area contributed by atoms with Crippen LogP contribution in [-0.4, -0.2) is 57.1 Å². The lowest BCUT2D eigenvalue weighted by Crippen LogP contribution is -2.52. The van der Waals surface area contributed by atoms with Crippen LogP contribution < -0.4 is 14.4 Å². The van der Waals surface area contributed by atoms with Gasteiger partial charge >= 0.3 is 0 Å². The van der Waals surface area contributed by atoms with Gasteiger partial charge in [-0.2, -0.15) is 0 Å². The van der Waals surface area contributed by atoms with Crippen molar-refractivity contribution in [3.8, 4) is 5.75 Å². The third-order valence-electron chi connectivity index (χ3n) is 5.76. The van der Waals surface area contributed by atoms with Crippen molar-refractivity contribution >= 4 is 43.5 Å². The topological polar surface area (TPSA) is 96.0 Å². The predicted octanol–water partition coefficient (Wildman–Crippen LogP) is 3.86. The third-order valence-corrected chi connectivity index (χ3v) is 7.79. The van der Waals surface area contributed by atoms with Gasteiger partial charge in [0.15, 0.2) is 0 Å². The summed E-state index contributed by atoms with van der Waals surface area (Å²) in [4.78, 5) is 27.9. The van der Waals surface area contributed by atoms with Gasteiger partial charge in [-0.1, -0.05) is 35.0 Å². The Kier molecular flexibility index (Phi) is 10.1. The van der Waals surface area contributed by atoms with Gasteiger partial charge in [0.1, 0.15) is 18.3 Å². The van der Waals surface area contributed by atoms with Crippen LogP contribution in [0.5, 0.6) is 5.75 Å². The number of amides is 2. The maximum atomic E-state index is 13.6. The molecule has 2 aromatic rings. The molecule has 8 nitrogen and oxygen atoms in total. The summed E-state index contributed by atoms with van der Waals surface area (Å²) in [6, 6.07) is 11.4. The van der Waals surface area contributed by atoms with Crippen molar-refractivity contribution < 1.29 is 22.7 Å². The van der Waals surface area contributed by atoms with Gasteiger partial charge in [0, 0.05) is 17.1 Å². The van der Waals surface area contributed by atoms with E-state index in [4.69, 9.17) is 4.74 Å². The molecular formula is C25H34BrN3O5S. The van der Waals surface area contributed by atoms with Crippen LogP contribution in [0.15, 0.2) is 46.9 Å². The van der Waals surface area contributed by atoms with Crippen LogP contribution in [0.3, 0.4) is 0 Å². The second kappa shape index (κ2) is 12.4. The Morgan fingerprint density at radius 1 is 1.14 bits per heavy atom. The molecule has 0 aliphatic carbocycles. The maximum absolute atomic E-state index is 13.6. The van der Waals surface area contributed by atoms with Crippen molar-refractivity contribution in [2.75, 3.05) is 24.2 Å². The summed E-state index contributed by atoms with van der Waals surface area (Å²) in [5.74, 6) is -0.179. The molecule has 2 rings (SSSR count). The molecule has 0 bridgehead atoms. The molecular weight excluding hydrogens is 534 g/mol. The van der Waals surface area contributed by atoms with Gasteiger partial charge in [0.05, 0.1) is 19.1 Å². The molecule has 0 fully saturated rings. The number of hydrogen-bond acceptors (Lipinski definition) is 5. The first-order chi connectivity index (χ1) is 16.4. The maximum Gasteiger partial charge on any atom is 0.244 e. The van der Waals surface area contributed by atoms with E-state index in [1.807, 2.05) is 26.8 Å². The van der Waals surface area contributed by atoms with E-state index in [1.54, 1.807) is 50.4 Å². The molecule has 0 aliphatic heterocycles. The Morgan fingerprint density at radius 3 is 2.40 bits per heavy atom. The molecule has 2 atom stereocenters. The van der Waals surface area contributed by atoms with Crippen LogP contribution in [0, 0.1) is 6.92 Å². The monoisotopic (exact) mass is 567 g/mol. The van der Waals surface area contributed by atoms with Crippen LogP contribution in [0.1, 0.15) is 38.3 Å². The number of rotatable bonds is 11. The van der Waals surface area contributed by atoms with E-state index in [-0.39, 0.29) is 18.5 Å². The van der Waals surface area contributed by atoms with Gasteiger partial charge in [-0.25, -0.2) is 8.42 Å². The summed E-state index contributed by atoms with van der Waals surface area (Å²) in [5, 5.41) is 2.91. The molecule has 0 heterocycles. The normalized spacial score (nSPS) is 13.0. The summed E-state index contributed by atoms with van der Waals surface area (Å²) in [5.41, 5.74) is 1.96. The Labute approximate surface area is 216 Å². The van der Waals surface area contributed by atoms with Crippen molar-refractivity contribution in [3.05, 3.63) is 58.1 Å². The van der Waals surface area contributed by atoms with Gasteiger partial charge in [0.2, 0.25) is 21.8 Å². The number of halogens is 1. The second-order valence-corrected chi connectivity index (χ2v) is 11.3. The van der Waals surface area contributed by atoms with E-state index in [9.17, 15) is 18.0 Å². The SMILES string of the molecule is CC[C@@H](C)NC(=O)[C@@H](C)N(Cc1cccc(OC)c1)C(=O)CN(c1ccc(Br)c(C)c1)S(C)(=O)=O. The Morgan fingerprint density at radius 2 is 1.83 bits per heavy atom. The van der Waals surface area contributed by atoms with Crippen LogP contribution in [0.4, 0.5) is 5.69 Å². The highest BCUT2D eigenvalue weighted by Gasteiger charge is 2.30. The zero-order chi connectivity index (χ0) is 26.3. The first-order valence-electron chi connectivity index (χ1n) is 11.3. The first kappa shape index (κ1) is 28.6. The van der Waals surface area contributed by atoms with Crippen molar-refractivity contribution in [2.45, 2.75) is 52.7 Å². The fourth-order valence-corrected chi connectivity index (χ4v) is 4.50. The highest BCUT2D eigenvalue weighted by Crippen LogP contribution is 2.25. The lowest BCUT2D eigenvalue weighted by molar-refractivity contribution is -0.139. The summed E-state index contributed by atoms with van der Waals surface area (Å²) >= 11 is 3.41. The minimum Gasteiger partial charge on any atom is -0.497 e. The van der Waals surface area contributed by atoms with Crippen molar-refractivity contribution in [1.29, 1.82) is 0 Å². The molecule has 35 heavy (non-hydrogen) atoms. The minimum atomic E-state index is -3.78. The van der Waals surface area contributed by atoms with Crippen LogP contribution in [0.25, 0.3) is 0 Å². The van der Waals surface area contributed by atoms with E-state index in [0.29, 0.717) is 11.4 Å². The fourth-order valence-electron chi connectivity index (χ4n) is 3.41. The molecule has 2 amide bonds. The van der Waals surface area contributed by atoms with Gasteiger partial charge in [-0.15, -0.1) is 0 Å². The van der Waals surface area contributed by atoms with E-state index in [2.05, 4.69) is 21.2 Å². The Bertz CT molecular complexity index is 1160. The number of nitrogens with zero attached hydrogens (tertiary/aromatic N) is 2. The number of methoxy groups -OCH3 is 1. The van der Waals surface area contributed by atoms with E-state index >= 15 is 0 Å². The molecule has 0 spiro atoms. The number of nitrogens with one attached hydrogen (secondary N) is 1. The highest BCUT2D eigenvalue weighted by molar-refractivity contribution is 9.10. The zero-order valence-electron chi connectivity index (χ0n) is 21.0. The van der Waals surface area contributed by atoms with Gasteiger partial charge in [-0.05, 0) is 68.7 Å². The Hall–Kier alpha value is -2.59. The standard InChI is InChI=1S/C25H34BrN3O5S/c1-7-18(3)27-25(31)19(4)28(15-20-9-8-10-22(14-20)34-5)24(30)16-29(35(6,32)33)21-11-12-23(26)17(2)13-21/h8-14,18-19H,7,15-16H2,1-6H3,(H,27,31)/t18-,19-/m1/s1. The van der Waals surface area contributed by atoms with Crippen molar-refractivity contribution in [3.63, 3.8) is 0 Å². The molecule has 0 aliphatic rings. The molecule has 0 radical (unpaired) electrons. The minimum absolute atomic E-state index is 0.0584. The number of sulfonamides is 1. The van der Waals surface area contributed by atoms with E-state index in [0.717, 1.165) is 32.6 Å². The molecule has 0 saturated carbocycles. The number of anilines is 1. The van der Waals surface area contributed by atoms with Crippen LogP contribution >= 0.6 is 15.9 Å². The molecule has 0 aromatic heterocycles. The molecule has 0 saturated heterocycles. The van der Waals surface area contributed by atoms with Gasteiger partial charge in [0.25, 0.3) is 0 Å². The quantitative estimate of drug-likeness (QED) is 0.444. The molecule has 0 unspecified atom stereocenters. The number of carbonyl (C=O) groups excluding carboxylic acids is 2. The summed E-state index contributed by atoms with van der Waals surface area (Å²) in [6.45, 7) is 7.00. The number of hydrogen-bond donors (Lipinski definition) is 1. The molecule has 192 valence electrons. The molecule has 10 heteroatoms. The number of benzene rings is 2. The summed E-state index contributed by atoms with van der Waals surface area (Å²) in [6.07, 6.45) is 1.80. The lowest BCUT2D eigenvalue weighted by Gasteiger charge is -2.32. The zero-order valence-corrected chi connectivity index (χ0v) is 23.4. The van der Waals surface area contributed by atoms with Crippen LogP contribution in [-0.2, 0) is 26.2 Å². The summed E-state index contributed by atoms with van der Waals surface area (Å²) < 4.78 is 32.5. The number of carbonyl (C=O) groups is 2. The second-order valence-electron chi connectivity index (χ2n) is 8.57. The molecule has 1 N–H and O–H groups in total. The lowest BCUT2D eigenvalue weighted by atomic mass is 10.1. The Balaban J connectivity index is 2.42.